The van der Waals surface area contributed by atoms with Crippen molar-refractivity contribution in [2.45, 2.75) is 45.4 Å². The predicted molar refractivity (Wildman–Crippen MR) is 107 cm³/mol. The van der Waals surface area contributed by atoms with Gasteiger partial charge in [0.2, 0.25) is 5.91 Å². The first kappa shape index (κ1) is 19.0. The lowest BCUT2D eigenvalue weighted by atomic mass is 9.77. The van der Waals surface area contributed by atoms with Gasteiger partial charge in [0.1, 0.15) is 0 Å². The van der Waals surface area contributed by atoms with Crippen molar-refractivity contribution in [3.8, 4) is 11.4 Å². The van der Waals surface area contributed by atoms with Crippen molar-refractivity contribution in [3.05, 3.63) is 47.8 Å². The minimum Gasteiger partial charge on any atom is -0.391 e. The lowest BCUT2D eigenvalue weighted by Gasteiger charge is -2.35. The number of aryl methyl sites for hydroxylation is 1. The first-order valence-corrected chi connectivity index (χ1v) is 10.0. The van der Waals surface area contributed by atoms with Gasteiger partial charge in [-0.05, 0) is 37.2 Å². The van der Waals surface area contributed by atoms with E-state index >= 15 is 0 Å². The summed E-state index contributed by atoms with van der Waals surface area (Å²) in [5.74, 6) is 1.71. The molecule has 4 atom stereocenters. The molecule has 2 N–H and O–H groups in total. The Morgan fingerprint density at radius 2 is 1.86 bits per heavy atom. The molecule has 6 nitrogen and oxygen atoms in total. The summed E-state index contributed by atoms with van der Waals surface area (Å²) in [6.45, 7) is 6.38. The van der Waals surface area contributed by atoms with E-state index in [1.807, 2.05) is 30.6 Å². The van der Waals surface area contributed by atoms with Crippen LogP contribution in [-0.2, 0) is 11.3 Å². The van der Waals surface area contributed by atoms with Gasteiger partial charge in [-0.1, -0.05) is 24.3 Å². The van der Waals surface area contributed by atoms with Crippen LogP contribution in [-0.4, -0.2) is 51.1 Å². The number of rotatable bonds is 4. The van der Waals surface area contributed by atoms with Crippen LogP contribution in [0.2, 0.25) is 0 Å². The standard InChI is InChI=1S/C22H28N4O2/c1-14-5-3-4-6-19(14)22-23-9-16(10-24-22)11-26-12-17-7-20(25-15(2)27)21(28)8-18(17)13-26/h3-6,9-10,17-18,20-21,28H,7-8,11-13H2,1-2H3,(H,25,27)/t17-,18+,20-,21-/m1/s1. The molecular formula is C22H28N4O2. The highest BCUT2D eigenvalue weighted by atomic mass is 16.3. The topological polar surface area (TPSA) is 78.4 Å². The van der Waals surface area contributed by atoms with E-state index in [1.165, 1.54) is 12.5 Å². The summed E-state index contributed by atoms with van der Waals surface area (Å²) in [4.78, 5) is 22.9. The fourth-order valence-electron chi connectivity index (χ4n) is 4.73. The van der Waals surface area contributed by atoms with Gasteiger partial charge in [0.25, 0.3) is 0 Å². The molecule has 4 rings (SSSR count). The summed E-state index contributed by atoms with van der Waals surface area (Å²) in [7, 11) is 0. The van der Waals surface area contributed by atoms with Gasteiger partial charge < -0.3 is 10.4 Å². The summed E-state index contributed by atoms with van der Waals surface area (Å²) in [5, 5.41) is 13.3. The molecule has 2 heterocycles. The smallest absolute Gasteiger partial charge is 0.217 e. The molecule has 28 heavy (non-hydrogen) atoms. The van der Waals surface area contributed by atoms with Gasteiger partial charge in [-0.25, -0.2) is 9.97 Å². The fraction of sp³-hybridized carbons (Fsp3) is 0.500. The number of carbonyl (C=O) groups is 1. The van der Waals surface area contributed by atoms with Gasteiger partial charge in [-0.15, -0.1) is 0 Å². The Morgan fingerprint density at radius 1 is 1.18 bits per heavy atom. The Balaban J connectivity index is 1.38. The Morgan fingerprint density at radius 3 is 2.54 bits per heavy atom. The highest BCUT2D eigenvalue weighted by Crippen LogP contribution is 2.37. The van der Waals surface area contributed by atoms with Gasteiger partial charge in [0.15, 0.2) is 5.82 Å². The van der Waals surface area contributed by atoms with Gasteiger partial charge >= 0.3 is 0 Å². The minimum absolute atomic E-state index is 0.0664. The number of aromatic nitrogens is 2. The third-order valence-electron chi connectivity index (χ3n) is 6.10. The van der Waals surface area contributed by atoms with Crippen LogP contribution in [0.1, 0.15) is 30.9 Å². The number of amides is 1. The molecule has 6 heteroatoms. The normalized spacial score (nSPS) is 27.4. The number of aliphatic hydroxyl groups excluding tert-OH is 1. The maximum absolute atomic E-state index is 11.4. The van der Waals surface area contributed by atoms with Crippen LogP contribution in [0, 0.1) is 18.8 Å². The highest BCUT2D eigenvalue weighted by Gasteiger charge is 2.41. The number of hydrogen-bond acceptors (Lipinski definition) is 5. The SMILES string of the molecule is CC(=O)N[C@@H]1C[C@@H]2CN(Cc3cnc(-c4ccccc4C)nc3)C[C@@H]2C[C@H]1O. The number of nitrogens with one attached hydrogen (secondary N) is 1. The average molecular weight is 380 g/mol. The molecule has 0 unspecified atom stereocenters. The lowest BCUT2D eigenvalue weighted by Crippen LogP contribution is -2.48. The minimum atomic E-state index is -0.443. The molecule has 1 aliphatic heterocycles. The third kappa shape index (κ3) is 4.08. The molecule has 2 aliphatic rings. The van der Waals surface area contributed by atoms with E-state index in [9.17, 15) is 9.90 Å². The van der Waals surface area contributed by atoms with E-state index in [0.717, 1.165) is 49.4 Å². The van der Waals surface area contributed by atoms with Crippen LogP contribution in [0.5, 0.6) is 0 Å². The zero-order chi connectivity index (χ0) is 19.7. The molecule has 1 saturated heterocycles. The molecular weight excluding hydrogens is 352 g/mol. The van der Waals surface area contributed by atoms with Crippen LogP contribution in [0.15, 0.2) is 36.7 Å². The number of aliphatic hydroxyl groups is 1. The van der Waals surface area contributed by atoms with Crippen LogP contribution < -0.4 is 5.32 Å². The zero-order valence-electron chi connectivity index (χ0n) is 16.5. The first-order valence-electron chi connectivity index (χ1n) is 10.0. The number of nitrogens with zero attached hydrogens (tertiary/aromatic N) is 3. The third-order valence-corrected chi connectivity index (χ3v) is 6.10. The van der Waals surface area contributed by atoms with E-state index in [-0.39, 0.29) is 11.9 Å². The molecule has 1 amide bonds. The largest absolute Gasteiger partial charge is 0.391 e. The summed E-state index contributed by atoms with van der Waals surface area (Å²) in [5.41, 5.74) is 3.35. The summed E-state index contributed by atoms with van der Waals surface area (Å²) < 4.78 is 0. The molecule has 2 fully saturated rings. The summed E-state index contributed by atoms with van der Waals surface area (Å²) >= 11 is 0. The van der Waals surface area contributed by atoms with E-state index < -0.39 is 6.10 Å². The second-order valence-corrected chi connectivity index (χ2v) is 8.29. The number of likely N-dealkylation sites (tertiary alicyclic amines) is 1. The van der Waals surface area contributed by atoms with E-state index in [4.69, 9.17) is 0 Å². The van der Waals surface area contributed by atoms with Gasteiger partial charge in [-0.3, -0.25) is 9.69 Å². The molecule has 1 aromatic carbocycles. The molecule has 2 aromatic rings. The second kappa shape index (κ2) is 7.97. The first-order chi connectivity index (χ1) is 13.5. The number of hydrogen-bond donors (Lipinski definition) is 2. The molecule has 1 aliphatic carbocycles. The molecule has 0 bridgehead atoms. The molecule has 1 saturated carbocycles. The Kier molecular flexibility index (Phi) is 5.42. The second-order valence-electron chi connectivity index (χ2n) is 8.29. The van der Waals surface area contributed by atoms with Crippen molar-refractivity contribution in [1.29, 1.82) is 0 Å². The van der Waals surface area contributed by atoms with E-state index in [1.54, 1.807) is 0 Å². The molecule has 0 radical (unpaired) electrons. The Labute approximate surface area is 166 Å². The fourth-order valence-corrected chi connectivity index (χ4v) is 4.73. The van der Waals surface area contributed by atoms with Crippen LogP contribution in [0.3, 0.4) is 0 Å². The molecule has 1 aromatic heterocycles. The van der Waals surface area contributed by atoms with Crippen molar-refractivity contribution in [1.82, 2.24) is 20.2 Å². The van der Waals surface area contributed by atoms with Gasteiger partial charge in [-0.2, -0.15) is 0 Å². The number of benzene rings is 1. The van der Waals surface area contributed by atoms with Crippen LogP contribution in [0.25, 0.3) is 11.4 Å². The van der Waals surface area contributed by atoms with E-state index in [0.29, 0.717) is 11.8 Å². The highest BCUT2D eigenvalue weighted by molar-refractivity contribution is 5.73. The van der Waals surface area contributed by atoms with Crippen molar-refractivity contribution >= 4 is 5.91 Å². The number of carbonyl (C=O) groups excluding carboxylic acids is 1. The van der Waals surface area contributed by atoms with Crippen molar-refractivity contribution in [2.75, 3.05) is 13.1 Å². The monoisotopic (exact) mass is 380 g/mol. The summed E-state index contributed by atoms with van der Waals surface area (Å²) in [6.07, 6.45) is 5.01. The predicted octanol–water partition coefficient (Wildman–Crippen LogP) is 2.16. The maximum Gasteiger partial charge on any atom is 0.217 e. The van der Waals surface area contributed by atoms with Crippen molar-refractivity contribution in [2.24, 2.45) is 11.8 Å². The van der Waals surface area contributed by atoms with Gasteiger partial charge in [0.05, 0.1) is 12.1 Å². The Bertz CT molecular complexity index is 839. The average Bonchev–Trinajstić information content (AvgIpc) is 3.04. The zero-order valence-corrected chi connectivity index (χ0v) is 16.5. The quantitative estimate of drug-likeness (QED) is 0.850. The van der Waals surface area contributed by atoms with Crippen molar-refractivity contribution in [3.63, 3.8) is 0 Å². The number of fused-ring (bicyclic) bond motifs is 1. The maximum atomic E-state index is 11.4. The van der Waals surface area contributed by atoms with Gasteiger partial charge in [0, 0.05) is 50.1 Å². The molecule has 0 spiro atoms. The van der Waals surface area contributed by atoms with Crippen LogP contribution in [0.4, 0.5) is 0 Å². The molecule has 148 valence electrons. The van der Waals surface area contributed by atoms with E-state index in [2.05, 4.69) is 33.2 Å². The Hall–Kier alpha value is -2.31. The summed E-state index contributed by atoms with van der Waals surface area (Å²) in [6, 6.07) is 8.03. The van der Waals surface area contributed by atoms with Crippen molar-refractivity contribution < 1.29 is 9.90 Å². The van der Waals surface area contributed by atoms with Crippen LogP contribution >= 0.6 is 0 Å². The lowest BCUT2D eigenvalue weighted by molar-refractivity contribution is -0.121.